The van der Waals surface area contributed by atoms with Crippen LogP contribution < -0.4 is 0 Å². The van der Waals surface area contributed by atoms with Crippen molar-refractivity contribution in [2.75, 3.05) is 0 Å². The number of hydrogen-bond donors (Lipinski definition) is 0. The smallest absolute Gasteiger partial charge is 0.342 e. The molecule has 2 aromatic carbocycles. The Morgan fingerprint density at radius 1 is 1.22 bits per heavy atom. The molecule has 0 saturated carbocycles. The van der Waals surface area contributed by atoms with E-state index in [-0.39, 0.29) is 5.69 Å². The first-order valence-electron chi connectivity index (χ1n) is 8.32. The topological polar surface area (TPSA) is 86.7 Å². The fraction of sp³-hybridized carbons (Fsp3) is 0.100. The van der Waals surface area contributed by atoms with Crippen LogP contribution in [0.3, 0.4) is 0 Å². The number of aromatic nitrogens is 1. The number of nitro groups is 1. The lowest BCUT2D eigenvalue weighted by Gasteiger charge is -2.05. The van der Waals surface area contributed by atoms with Gasteiger partial charge >= 0.3 is 5.97 Å². The van der Waals surface area contributed by atoms with Crippen LogP contribution in [0.1, 0.15) is 18.1 Å². The van der Waals surface area contributed by atoms with Crippen molar-refractivity contribution in [3.8, 4) is 0 Å². The SMILES string of the molecule is CC1=NOC(=O)C1=Cc1cn(Cc2ccccc2)c2ccc([N+](=O)[O-])cc12. The molecule has 0 unspecified atom stereocenters. The maximum atomic E-state index is 11.9. The summed E-state index contributed by atoms with van der Waals surface area (Å²) in [5.41, 5.74) is 3.48. The number of fused-ring (bicyclic) bond motifs is 1. The molecule has 0 saturated heterocycles. The molecule has 3 aromatic rings. The van der Waals surface area contributed by atoms with Gasteiger partial charge < -0.3 is 9.40 Å². The summed E-state index contributed by atoms with van der Waals surface area (Å²) < 4.78 is 2.01. The summed E-state index contributed by atoms with van der Waals surface area (Å²) in [5, 5.41) is 15.6. The number of nitro benzene ring substituents is 1. The first-order chi connectivity index (χ1) is 13.0. The third-order valence-electron chi connectivity index (χ3n) is 4.48. The zero-order valence-electron chi connectivity index (χ0n) is 14.5. The van der Waals surface area contributed by atoms with E-state index in [0.29, 0.717) is 28.8 Å². The fourth-order valence-electron chi connectivity index (χ4n) is 3.13. The van der Waals surface area contributed by atoms with E-state index in [1.54, 1.807) is 19.1 Å². The van der Waals surface area contributed by atoms with Crippen molar-refractivity contribution in [3.63, 3.8) is 0 Å². The Balaban J connectivity index is 1.87. The van der Waals surface area contributed by atoms with Crippen LogP contribution in [0.4, 0.5) is 5.69 Å². The largest absolute Gasteiger partial charge is 0.367 e. The van der Waals surface area contributed by atoms with E-state index in [1.165, 1.54) is 12.1 Å². The van der Waals surface area contributed by atoms with Gasteiger partial charge in [-0.1, -0.05) is 35.5 Å². The number of carbonyl (C=O) groups is 1. The van der Waals surface area contributed by atoms with E-state index in [4.69, 9.17) is 4.84 Å². The van der Waals surface area contributed by atoms with Gasteiger partial charge in [-0.05, 0) is 24.6 Å². The second kappa shape index (κ2) is 6.53. The van der Waals surface area contributed by atoms with Crippen molar-refractivity contribution < 1.29 is 14.6 Å². The van der Waals surface area contributed by atoms with Crippen molar-refractivity contribution in [1.82, 2.24) is 4.57 Å². The molecule has 7 nitrogen and oxygen atoms in total. The number of non-ortho nitro benzene ring substituents is 1. The van der Waals surface area contributed by atoms with E-state index in [9.17, 15) is 14.9 Å². The molecule has 0 amide bonds. The Hall–Kier alpha value is -3.74. The lowest BCUT2D eigenvalue weighted by molar-refractivity contribution is -0.384. The minimum Gasteiger partial charge on any atom is -0.342 e. The number of hydrogen-bond acceptors (Lipinski definition) is 5. The number of benzene rings is 2. The van der Waals surface area contributed by atoms with E-state index in [2.05, 4.69) is 5.16 Å². The predicted molar refractivity (Wildman–Crippen MR) is 101 cm³/mol. The van der Waals surface area contributed by atoms with E-state index in [1.807, 2.05) is 41.1 Å². The van der Waals surface area contributed by atoms with Crippen LogP contribution in [0.25, 0.3) is 17.0 Å². The Labute approximate surface area is 154 Å². The van der Waals surface area contributed by atoms with Gasteiger partial charge in [-0.2, -0.15) is 0 Å². The molecule has 0 radical (unpaired) electrons. The molecular weight excluding hydrogens is 346 g/mol. The summed E-state index contributed by atoms with van der Waals surface area (Å²) in [5.74, 6) is -0.526. The molecular formula is C20H15N3O4. The summed E-state index contributed by atoms with van der Waals surface area (Å²) in [6.45, 7) is 2.29. The first kappa shape index (κ1) is 16.7. The minimum atomic E-state index is -0.526. The Bertz CT molecular complexity index is 1130. The van der Waals surface area contributed by atoms with Gasteiger partial charge in [-0.25, -0.2) is 4.79 Å². The quantitative estimate of drug-likeness (QED) is 0.305. The maximum Gasteiger partial charge on any atom is 0.367 e. The fourth-order valence-corrected chi connectivity index (χ4v) is 3.13. The summed E-state index contributed by atoms with van der Waals surface area (Å²) in [6, 6.07) is 14.6. The average molecular weight is 361 g/mol. The van der Waals surface area contributed by atoms with Crippen molar-refractivity contribution in [2.24, 2.45) is 5.16 Å². The van der Waals surface area contributed by atoms with Crippen LogP contribution in [0.2, 0.25) is 0 Å². The minimum absolute atomic E-state index is 0.000927. The van der Waals surface area contributed by atoms with Gasteiger partial charge in [0, 0.05) is 41.3 Å². The van der Waals surface area contributed by atoms with Gasteiger partial charge in [0.2, 0.25) is 0 Å². The molecule has 0 fully saturated rings. The molecule has 1 aliphatic rings. The second-order valence-corrected chi connectivity index (χ2v) is 6.27. The van der Waals surface area contributed by atoms with Crippen molar-refractivity contribution >= 4 is 34.3 Å². The van der Waals surface area contributed by atoms with E-state index in [0.717, 1.165) is 11.1 Å². The molecule has 1 aliphatic heterocycles. The highest BCUT2D eigenvalue weighted by Crippen LogP contribution is 2.29. The maximum absolute atomic E-state index is 11.9. The van der Waals surface area contributed by atoms with Crippen LogP contribution in [-0.2, 0) is 16.2 Å². The number of nitrogens with zero attached hydrogens (tertiary/aromatic N) is 3. The lowest BCUT2D eigenvalue weighted by Crippen LogP contribution is -2.01. The zero-order chi connectivity index (χ0) is 19.0. The van der Waals surface area contributed by atoms with E-state index >= 15 is 0 Å². The number of carbonyl (C=O) groups excluding carboxylic acids is 1. The van der Waals surface area contributed by atoms with Crippen LogP contribution >= 0.6 is 0 Å². The molecule has 1 aromatic heterocycles. The molecule has 0 atom stereocenters. The van der Waals surface area contributed by atoms with Gasteiger partial charge in [0.15, 0.2) is 0 Å². The monoisotopic (exact) mass is 361 g/mol. The molecule has 7 heteroatoms. The van der Waals surface area contributed by atoms with Gasteiger partial charge in [0.1, 0.15) is 0 Å². The van der Waals surface area contributed by atoms with E-state index < -0.39 is 10.9 Å². The summed E-state index contributed by atoms with van der Waals surface area (Å²) >= 11 is 0. The molecule has 0 aliphatic carbocycles. The molecule has 0 bridgehead atoms. The van der Waals surface area contributed by atoms with Gasteiger partial charge in [0.05, 0.1) is 16.2 Å². The predicted octanol–water partition coefficient (Wildman–Crippen LogP) is 3.91. The summed E-state index contributed by atoms with van der Waals surface area (Å²) in [7, 11) is 0. The lowest BCUT2D eigenvalue weighted by atomic mass is 10.1. The van der Waals surface area contributed by atoms with Gasteiger partial charge in [-0.3, -0.25) is 10.1 Å². The number of oxime groups is 1. The molecule has 2 heterocycles. The first-order valence-corrected chi connectivity index (χ1v) is 8.32. The van der Waals surface area contributed by atoms with Gasteiger partial charge in [0.25, 0.3) is 5.69 Å². The molecule has 4 rings (SSSR count). The van der Waals surface area contributed by atoms with Gasteiger partial charge in [-0.15, -0.1) is 0 Å². The summed E-state index contributed by atoms with van der Waals surface area (Å²) in [6.07, 6.45) is 3.55. The second-order valence-electron chi connectivity index (χ2n) is 6.27. The van der Waals surface area contributed by atoms with Crippen LogP contribution in [0.15, 0.2) is 65.5 Å². The molecule has 0 N–H and O–H groups in total. The number of rotatable bonds is 4. The average Bonchev–Trinajstić information content (AvgIpc) is 3.17. The summed E-state index contributed by atoms with van der Waals surface area (Å²) in [4.78, 5) is 27.3. The normalized spacial score (nSPS) is 15.2. The Morgan fingerprint density at radius 3 is 2.67 bits per heavy atom. The highest BCUT2D eigenvalue weighted by atomic mass is 16.7. The van der Waals surface area contributed by atoms with Crippen LogP contribution in [-0.4, -0.2) is 21.2 Å². The van der Waals surface area contributed by atoms with Crippen molar-refractivity contribution in [3.05, 3.63) is 81.5 Å². The molecule has 0 spiro atoms. The highest BCUT2D eigenvalue weighted by molar-refractivity contribution is 6.24. The standard InChI is InChI=1S/C20H15N3O4/c1-13-17(20(24)27-21-13)9-15-12-22(11-14-5-3-2-4-6-14)19-8-7-16(23(25)26)10-18(15)19/h2-10,12H,11H2,1H3. The third kappa shape index (κ3) is 3.10. The Morgan fingerprint density at radius 2 is 2.00 bits per heavy atom. The van der Waals surface area contributed by atoms with Crippen molar-refractivity contribution in [2.45, 2.75) is 13.5 Å². The van der Waals surface area contributed by atoms with Crippen LogP contribution in [0.5, 0.6) is 0 Å². The zero-order valence-corrected chi connectivity index (χ0v) is 14.5. The third-order valence-corrected chi connectivity index (χ3v) is 4.48. The van der Waals surface area contributed by atoms with Crippen molar-refractivity contribution in [1.29, 1.82) is 0 Å². The molecule has 27 heavy (non-hydrogen) atoms. The Kier molecular flexibility index (Phi) is 4.04. The highest BCUT2D eigenvalue weighted by Gasteiger charge is 2.23. The molecule has 134 valence electrons. The van der Waals surface area contributed by atoms with Crippen LogP contribution in [0, 0.1) is 10.1 Å².